The van der Waals surface area contributed by atoms with Gasteiger partial charge >= 0.3 is 0 Å². The number of hydrogen-bond donors (Lipinski definition) is 0. The SMILES string of the molecule is COc1ccc(-c2nn(-c3ccccc3)cc2C(=O)N2CCCc3ccccc32)cc1. The normalized spacial score (nSPS) is 13.0. The number of amides is 1. The van der Waals surface area contributed by atoms with Gasteiger partial charge < -0.3 is 9.64 Å². The standard InChI is InChI=1S/C26H23N3O2/c1-31-22-15-13-20(14-16-22)25-23(18-29(27-25)21-10-3-2-4-11-21)26(30)28-17-7-9-19-8-5-6-12-24(19)28/h2-6,8,10-16,18H,7,9,17H2,1H3. The number of para-hydroxylation sites is 2. The van der Waals surface area contributed by atoms with Crippen molar-refractivity contribution in [1.29, 1.82) is 0 Å². The van der Waals surface area contributed by atoms with Crippen LogP contribution in [0, 0.1) is 0 Å². The Hall–Kier alpha value is -3.86. The van der Waals surface area contributed by atoms with E-state index >= 15 is 0 Å². The molecule has 0 saturated carbocycles. The molecule has 1 aliphatic rings. The van der Waals surface area contributed by atoms with Crippen LogP contribution in [0.4, 0.5) is 5.69 Å². The van der Waals surface area contributed by atoms with Crippen LogP contribution in [0.25, 0.3) is 16.9 Å². The van der Waals surface area contributed by atoms with Crippen molar-refractivity contribution < 1.29 is 9.53 Å². The Morgan fingerprint density at radius 2 is 1.68 bits per heavy atom. The zero-order valence-electron chi connectivity index (χ0n) is 17.4. The topological polar surface area (TPSA) is 47.4 Å². The molecule has 1 aliphatic heterocycles. The van der Waals surface area contributed by atoms with Gasteiger partial charge in [-0.15, -0.1) is 0 Å². The number of rotatable bonds is 4. The summed E-state index contributed by atoms with van der Waals surface area (Å²) < 4.78 is 7.07. The van der Waals surface area contributed by atoms with Gasteiger partial charge in [0.15, 0.2) is 0 Å². The second-order valence-electron chi connectivity index (χ2n) is 7.59. The van der Waals surface area contributed by atoms with Crippen molar-refractivity contribution in [1.82, 2.24) is 9.78 Å². The lowest BCUT2D eigenvalue weighted by molar-refractivity contribution is 0.0985. The number of aryl methyl sites for hydroxylation is 1. The highest BCUT2D eigenvalue weighted by Gasteiger charge is 2.27. The molecule has 0 bridgehead atoms. The first-order chi connectivity index (χ1) is 15.2. The number of anilines is 1. The van der Waals surface area contributed by atoms with Crippen LogP contribution < -0.4 is 9.64 Å². The van der Waals surface area contributed by atoms with Gasteiger partial charge in [-0.25, -0.2) is 4.68 Å². The molecule has 1 amide bonds. The smallest absolute Gasteiger partial charge is 0.262 e. The Kier molecular flexibility index (Phi) is 5.00. The van der Waals surface area contributed by atoms with Crippen LogP contribution in [0.5, 0.6) is 5.75 Å². The maximum absolute atomic E-state index is 13.8. The van der Waals surface area contributed by atoms with Crippen molar-refractivity contribution in [3.05, 3.63) is 96.2 Å². The fourth-order valence-corrected chi connectivity index (χ4v) is 4.10. The van der Waals surface area contributed by atoms with E-state index in [1.807, 2.05) is 83.9 Å². The Morgan fingerprint density at radius 3 is 2.45 bits per heavy atom. The molecule has 1 aromatic heterocycles. The molecular formula is C26H23N3O2. The summed E-state index contributed by atoms with van der Waals surface area (Å²) in [6.07, 6.45) is 3.79. The third-order valence-electron chi connectivity index (χ3n) is 5.68. The Labute approximate surface area is 181 Å². The van der Waals surface area contributed by atoms with E-state index in [4.69, 9.17) is 9.84 Å². The number of carbonyl (C=O) groups excluding carboxylic acids is 1. The largest absolute Gasteiger partial charge is 0.497 e. The lowest BCUT2D eigenvalue weighted by Gasteiger charge is -2.29. The zero-order valence-corrected chi connectivity index (χ0v) is 17.4. The van der Waals surface area contributed by atoms with Gasteiger partial charge in [0.25, 0.3) is 5.91 Å². The van der Waals surface area contributed by atoms with Crippen LogP contribution in [0.3, 0.4) is 0 Å². The molecule has 5 heteroatoms. The summed E-state index contributed by atoms with van der Waals surface area (Å²) in [5.74, 6) is 0.740. The zero-order chi connectivity index (χ0) is 21.2. The monoisotopic (exact) mass is 409 g/mol. The predicted molar refractivity (Wildman–Crippen MR) is 122 cm³/mol. The highest BCUT2D eigenvalue weighted by molar-refractivity contribution is 6.10. The van der Waals surface area contributed by atoms with Crippen molar-refractivity contribution in [2.45, 2.75) is 12.8 Å². The van der Waals surface area contributed by atoms with Crippen LogP contribution >= 0.6 is 0 Å². The maximum atomic E-state index is 13.8. The second kappa shape index (κ2) is 8.11. The third kappa shape index (κ3) is 3.59. The van der Waals surface area contributed by atoms with Gasteiger partial charge in [0.1, 0.15) is 11.4 Å². The van der Waals surface area contributed by atoms with Gasteiger partial charge in [-0.1, -0.05) is 36.4 Å². The summed E-state index contributed by atoms with van der Waals surface area (Å²) in [5, 5.41) is 4.81. The maximum Gasteiger partial charge on any atom is 0.262 e. The molecule has 0 unspecified atom stereocenters. The molecule has 0 spiro atoms. The van der Waals surface area contributed by atoms with Crippen LogP contribution in [0.1, 0.15) is 22.3 Å². The van der Waals surface area contributed by atoms with E-state index in [1.54, 1.807) is 11.8 Å². The molecule has 154 valence electrons. The summed E-state index contributed by atoms with van der Waals surface area (Å²) in [4.78, 5) is 15.7. The lowest BCUT2D eigenvalue weighted by Crippen LogP contribution is -2.35. The van der Waals surface area contributed by atoms with Crippen LogP contribution in [0.2, 0.25) is 0 Å². The van der Waals surface area contributed by atoms with Crippen molar-refractivity contribution in [3.63, 3.8) is 0 Å². The van der Waals surface area contributed by atoms with Gasteiger partial charge in [0, 0.05) is 24.0 Å². The van der Waals surface area contributed by atoms with Crippen LogP contribution in [0.15, 0.2) is 85.1 Å². The number of aromatic nitrogens is 2. The minimum Gasteiger partial charge on any atom is -0.497 e. The van der Waals surface area contributed by atoms with E-state index in [0.29, 0.717) is 17.8 Å². The molecule has 2 heterocycles. The van der Waals surface area contributed by atoms with Crippen molar-refractivity contribution >= 4 is 11.6 Å². The van der Waals surface area contributed by atoms with E-state index in [1.165, 1.54) is 5.56 Å². The van der Waals surface area contributed by atoms with E-state index < -0.39 is 0 Å². The fourth-order valence-electron chi connectivity index (χ4n) is 4.10. The molecule has 0 radical (unpaired) electrons. The van der Waals surface area contributed by atoms with Crippen molar-refractivity contribution in [2.75, 3.05) is 18.6 Å². The van der Waals surface area contributed by atoms with Gasteiger partial charge in [-0.3, -0.25) is 4.79 Å². The van der Waals surface area contributed by atoms with Gasteiger partial charge in [0.05, 0.1) is 18.4 Å². The number of carbonyl (C=O) groups is 1. The Morgan fingerprint density at radius 1 is 0.935 bits per heavy atom. The molecule has 0 atom stereocenters. The first-order valence-electron chi connectivity index (χ1n) is 10.4. The lowest BCUT2D eigenvalue weighted by atomic mass is 10.00. The summed E-state index contributed by atoms with van der Waals surface area (Å²) in [7, 11) is 1.64. The minimum atomic E-state index is -0.0276. The summed E-state index contributed by atoms with van der Waals surface area (Å²) in [6, 6.07) is 25.7. The fraction of sp³-hybridized carbons (Fsp3) is 0.154. The number of nitrogens with zero attached hydrogens (tertiary/aromatic N) is 3. The second-order valence-corrected chi connectivity index (χ2v) is 7.59. The number of fused-ring (bicyclic) bond motifs is 1. The number of methoxy groups -OCH3 is 1. The van der Waals surface area contributed by atoms with E-state index in [2.05, 4.69) is 6.07 Å². The first kappa shape index (κ1) is 19.1. The van der Waals surface area contributed by atoms with Gasteiger partial charge in [-0.05, 0) is 60.9 Å². The molecule has 0 N–H and O–H groups in total. The molecule has 4 aromatic rings. The Bertz CT molecular complexity index is 1210. The molecule has 5 nitrogen and oxygen atoms in total. The number of ether oxygens (including phenoxy) is 1. The van der Waals surface area contributed by atoms with Crippen LogP contribution in [-0.2, 0) is 6.42 Å². The number of hydrogen-bond acceptors (Lipinski definition) is 3. The average Bonchev–Trinajstić information content (AvgIpc) is 3.29. The Balaban J connectivity index is 1.61. The van der Waals surface area contributed by atoms with Gasteiger partial charge in [0.2, 0.25) is 0 Å². The molecule has 0 saturated heterocycles. The van der Waals surface area contributed by atoms with E-state index in [-0.39, 0.29) is 5.91 Å². The van der Waals surface area contributed by atoms with Crippen molar-refractivity contribution in [2.24, 2.45) is 0 Å². The molecule has 0 aliphatic carbocycles. The van der Waals surface area contributed by atoms with Crippen molar-refractivity contribution in [3.8, 4) is 22.7 Å². The molecular weight excluding hydrogens is 386 g/mol. The average molecular weight is 409 g/mol. The van der Waals surface area contributed by atoms with Crippen LogP contribution in [-0.4, -0.2) is 29.3 Å². The van der Waals surface area contributed by atoms with Gasteiger partial charge in [-0.2, -0.15) is 5.10 Å². The number of benzene rings is 3. The minimum absolute atomic E-state index is 0.0276. The quantitative estimate of drug-likeness (QED) is 0.469. The molecule has 31 heavy (non-hydrogen) atoms. The summed E-state index contributed by atoms with van der Waals surface area (Å²) in [6.45, 7) is 0.703. The summed E-state index contributed by atoms with van der Waals surface area (Å²) >= 11 is 0. The molecule has 3 aromatic carbocycles. The highest BCUT2D eigenvalue weighted by atomic mass is 16.5. The predicted octanol–water partition coefficient (Wildman–Crippen LogP) is 5.14. The summed E-state index contributed by atoms with van der Waals surface area (Å²) in [5.41, 5.74) is 5.25. The molecule has 5 rings (SSSR count). The van der Waals surface area contributed by atoms with E-state index in [0.717, 1.165) is 35.5 Å². The third-order valence-corrected chi connectivity index (χ3v) is 5.68. The van der Waals surface area contributed by atoms with E-state index in [9.17, 15) is 4.79 Å². The first-order valence-corrected chi connectivity index (χ1v) is 10.4. The highest BCUT2D eigenvalue weighted by Crippen LogP contribution is 2.32. The molecule has 0 fully saturated rings.